The maximum absolute atomic E-state index is 11.5. The zero-order valence-corrected chi connectivity index (χ0v) is 9.13. The summed E-state index contributed by atoms with van der Waals surface area (Å²) in [4.78, 5) is 23.5. The Balaban J connectivity index is 4.42. The second kappa shape index (κ2) is 4.40. The molecule has 0 saturated heterocycles. The molecule has 0 heterocycles. The maximum atomic E-state index is 11.5. The number of nitrogens with zero attached hydrogens (tertiary/aromatic N) is 1. The minimum Gasteiger partial charge on any atom is -0.280 e. The summed E-state index contributed by atoms with van der Waals surface area (Å²) in [7, 11) is 0. The molecule has 0 unspecified atom stereocenters. The van der Waals surface area contributed by atoms with Crippen molar-refractivity contribution in [2.24, 2.45) is 5.92 Å². The fourth-order valence-electron chi connectivity index (χ4n) is 1.04. The van der Waals surface area contributed by atoms with Gasteiger partial charge in [-0.2, -0.15) is 0 Å². The molecular formula is C10H19NO2. The van der Waals surface area contributed by atoms with Gasteiger partial charge in [-0.25, -0.2) is 0 Å². The van der Waals surface area contributed by atoms with Crippen molar-refractivity contribution in [2.45, 2.75) is 46.6 Å². The van der Waals surface area contributed by atoms with Crippen molar-refractivity contribution in [3.05, 3.63) is 0 Å². The Morgan fingerprint density at radius 3 is 2.08 bits per heavy atom. The van der Waals surface area contributed by atoms with Crippen LogP contribution in [-0.2, 0) is 9.59 Å². The average Bonchev–Trinajstić information content (AvgIpc) is 1.82. The smallest absolute Gasteiger partial charge is 0.229 e. The van der Waals surface area contributed by atoms with Gasteiger partial charge in [0.2, 0.25) is 12.3 Å². The van der Waals surface area contributed by atoms with E-state index in [2.05, 4.69) is 0 Å². The van der Waals surface area contributed by atoms with E-state index >= 15 is 0 Å². The van der Waals surface area contributed by atoms with E-state index < -0.39 is 5.54 Å². The molecule has 0 aliphatic heterocycles. The Kier molecular flexibility index (Phi) is 4.11. The molecule has 0 N–H and O–H groups in total. The molecule has 0 saturated carbocycles. The van der Waals surface area contributed by atoms with Crippen LogP contribution in [0, 0.1) is 5.92 Å². The Morgan fingerprint density at radius 1 is 1.38 bits per heavy atom. The zero-order chi connectivity index (χ0) is 10.6. The van der Waals surface area contributed by atoms with Crippen molar-refractivity contribution in [2.75, 3.05) is 0 Å². The zero-order valence-electron chi connectivity index (χ0n) is 9.13. The standard InChI is InChI=1S/C10H19NO2/c1-8(2)6-9(13)11(7-12)10(3,4)5/h7-8H,6H2,1-5H3. The lowest BCUT2D eigenvalue weighted by atomic mass is 10.0. The van der Waals surface area contributed by atoms with Gasteiger partial charge >= 0.3 is 0 Å². The molecule has 3 heteroatoms. The fraction of sp³-hybridized carbons (Fsp3) is 0.800. The first-order chi connectivity index (χ1) is 5.79. The largest absolute Gasteiger partial charge is 0.280 e. The minimum absolute atomic E-state index is 0.0995. The second-order valence-corrected chi connectivity index (χ2v) is 4.64. The number of imide groups is 1. The van der Waals surface area contributed by atoms with E-state index in [1.807, 2.05) is 34.6 Å². The van der Waals surface area contributed by atoms with Crippen molar-refractivity contribution in [3.8, 4) is 0 Å². The fourth-order valence-corrected chi connectivity index (χ4v) is 1.04. The highest BCUT2D eigenvalue weighted by Crippen LogP contribution is 2.14. The van der Waals surface area contributed by atoms with Crippen LogP contribution in [-0.4, -0.2) is 22.8 Å². The van der Waals surface area contributed by atoms with Gasteiger partial charge in [-0.05, 0) is 26.7 Å². The van der Waals surface area contributed by atoms with E-state index in [4.69, 9.17) is 0 Å². The monoisotopic (exact) mass is 185 g/mol. The Bertz CT molecular complexity index is 192. The number of hydrogen-bond donors (Lipinski definition) is 0. The SMILES string of the molecule is CC(C)CC(=O)N(C=O)C(C)(C)C. The highest BCUT2D eigenvalue weighted by Gasteiger charge is 2.25. The molecule has 0 aliphatic rings. The summed E-state index contributed by atoms with van der Waals surface area (Å²) in [6.07, 6.45) is 1.04. The number of hydrogen-bond acceptors (Lipinski definition) is 2. The molecule has 0 radical (unpaired) electrons. The van der Waals surface area contributed by atoms with Crippen molar-refractivity contribution in [3.63, 3.8) is 0 Å². The first kappa shape index (κ1) is 12.1. The third-order valence-corrected chi connectivity index (χ3v) is 1.68. The minimum atomic E-state index is -0.409. The summed E-state index contributed by atoms with van der Waals surface area (Å²) in [5.74, 6) is 0.190. The number of rotatable bonds is 3. The normalized spacial score (nSPS) is 11.5. The van der Waals surface area contributed by atoms with Crippen LogP contribution in [0.5, 0.6) is 0 Å². The quantitative estimate of drug-likeness (QED) is 0.629. The van der Waals surface area contributed by atoms with E-state index in [1.165, 1.54) is 4.90 Å². The third-order valence-electron chi connectivity index (χ3n) is 1.68. The van der Waals surface area contributed by atoms with E-state index in [-0.39, 0.29) is 11.8 Å². The van der Waals surface area contributed by atoms with Gasteiger partial charge in [0.1, 0.15) is 0 Å². The number of carbonyl (C=O) groups excluding carboxylic acids is 2. The summed E-state index contributed by atoms with van der Waals surface area (Å²) in [5.41, 5.74) is -0.409. The van der Waals surface area contributed by atoms with E-state index in [9.17, 15) is 9.59 Å². The van der Waals surface area contributed by atoms with Gasteiger partial charge in [0, 0.05) is 12.0 Å². The lowest BCUT2D eigenvalue weighted by Gasteiger charge is -2.30. The molecule has 0 bridgehead atoms. The molecule has 0 spiro atoms. The Labute approximate surface area is 80.1 Å². The van der Waals surface area contributed by atoms with E-state index in [0.29, 0.717) is 12.8 Å². The summed E-state index contributed by atoms with van der Waals surface area (Å²) >= 11 is 0. The molecule has 0 aliphatic carbocycles. The van der Waals surface area contributed by atoms with Gasteiger partial charge in [-0.15, -0.1) is 0 Å². The molecule has 13 heavy (non-hydrogen) atoms. The van der Waals surface area contributed by atoms with Crippen molar-refractivity contribution in [1.82, 2.24) is 4.90 Å². The summed E-state index contributed by atoms with van der Waals surface area (Å²) < 4.78 is 0. The van der Waals surface area contributed by atoms with Gasteiger partial charge in [0.15, 0.2) is 0 Å². The van der Waals surface area contributed by atoms with Crippen LogP contribution in [0.4, 0.5) is 0 Å². The summed E-state index contributed by atoms with van der Waals surface area (Å²) in [6.45, 7) is 9.46. The van der Waals surface area contributed by atoms with Gasteiger partial charge in [0.05, 0.1) is 0 Å². The van der Waals surface area contributed by atoms with Gasteiger partial charge in [-0.1, -0.05) is 13.8 Å². The molecule has 0 atom stereocenters. The Hall–Kier alpha value is -0.860. The summed E-state index contributed by atoms with van der Waals surface area (Å²) in [5, 5.41) is 0. The molecule has 0 aromatic rings. The van der Waals surface area contributed by atoms with Crippen LogP contribution in [0.25, 0.3) is 0 Å². The second-order valence-electron chi connectivity index (χ2n) is 4.64. The average molecular weight is 185 g/mol. The van der Waals surface area contributed by atoms with Crippen LogP contribution in [0.3, 0.4) is 0 Å². The summed E-state index contributed by atoms with van der Waals surface area (Å²) in [6, 6.07) is 0. The molecule has 0 aromatic carbocycles. The first-order valence-electron chi connectivity index (χ1n) is 4.56. The van der Waals surface area contributed by atoms with Crippen LogP contribution in [0.1, 0.15) is 41.0 Å². The number of amides is 2. The first-order valence-corrected chi connectivity index (χ1v) is 4.56. The third kappa shape index (κ3) is 4.06. The highest BCUT2D eigenvalue weighted by atomic mass is 16.2. The van der Waals surface area contributed by atoms with Crippen LogP contribution < -0.4 is 0 Å². The predicted octanol–water partition coefficient (Wildman–Crippen LogP) is 1.82. The maximum Gasteiger partial charge on any atom is 0.229 e. The van der Waals surface area contributed by atoms with Crippen molar-refractivity contribution < 1.29 is 9.59 Å². The molecule has 0 fully saturated rings. The molecule has 76 valence electrons. The topological polar surface area (TPSA) is 37.4 Å². The van der Waals surface area contributed by atoms with Gasteiger partial charge in [-0.3, -0.25) is 14.5 Å². The van der Waals surface area contributed by atoms with Crippen LogP contribution >= 0.6 is 0 Å². The molecule has 2 amide bonds. The molecule has 3 nitrogen and oxygen atoms in total. The van der Waals surface area contributed by atoms with Gasteiger partial charge < -0.3 is 0 Å². The van der Waals surface area contributed by atoms with Crippen LogP contribution in [0.15, 0.2) is 0 Å². The highest BCUT2D eigenvalue weighted by molar-refractivity contribution is 5.87. The predicted molar refractivity (Wildman–Crippen MR) is 52.1 cm³/mol. The lowest BCUT2D eigenvalue weighted by molar-refractivity contribution is -0.143. The van der Waals surface area contributed by atoms with Gasteiger partial charge in [0.25, 0.3) is 0 Å². The molecule has 0 aromatic heterocycles. The molecule has 0 rings (SSSR count). The van der Waals surface area contributed by atoms with Crippen molar-refractivity contribution >= 4 is 12.3 Å². The van der Waals surface area contributed by atoms with E-state index in [0.717, 1.165) is 0 Å². The van der Waals surface area contributed by atoms with E-state index in [1.54, 1.807) is 0 Å². The number of carbonyl (C=O) groups is 2. The molecular weight excluding hydrogens is 166 g/mol. The van der Waals surface area contributed by atoms with Crippen LogP contribution in [0.2, 0.25) is 0 Å². The Morgan fingerprint density at radius 2 is 1.85 bits per heavy atom. The van der Waals surface area contributed by atoms with Crippen molar-refractivity contribution in [1.29, 1.82) is 0 Å². The lowest BCUT2D eigenvalue weighted by Crippen LogP contribution is -2.44.